The lowest BCUT2D eigenvalue weighted by molar-refractivity contribution is 0.414. The van der Waals surface area contributed by atoms with E-state index in [2.05, 4.69) is 30.4 Å². The third kappa shape index (κ3) is 4.67. The molecular weight excluding hydrogens is 302 g/mol. The molecule has 21 heavy (non-hydrogen) atoms. The van der Waals surface area contributed by atoms with Crippen molar-refractivity contribution < 1.29 is 4.74 Å². The molecular formula is C17H20ClNOS. The summed E-state index contributed by atoms with van der Waals surface area (Å²) in [5, 5.41) is 4.23. The van der Waals surface area contributed by atoms with Crippen LogP contribution in [0.5, 0.6) is 5.75 Å². The minimum atomic E-state index is 0.798. The first-order valence-corrected chi connectivity index (χ1v) is 8.24. The molecule has 0 spiro atoms. The first-order chi connectivity index (χ1) is 10.2. The van der Waals surface area contributed by atoms with Crippen LogP contribution in [0.3, 0.4) is 0 Å². The van der Waals surface area contributed by atoms with Crippen molar-refractivity contribution in [3.63, 3.8) is 0 Å². The molecule has 0 saturated carbocycles. The van der Waals surface area contributed by atoms with Crippen molar-refractivity contribution in [3.05, 3.63) is 53.1 Å². The maximum Gasteiger partial charge on any atom is 0.118 e. The van der Waals surface area contributed by atoms with Crippen molar-refractivity contribution in [2.75, 3.05) is 13.7 Å². The Morgan fingerprint density at radius 1 is 1.14 bits per heavy atom. The third-order valence-corrected chi connectivity index (χ3v) is 4.69. The number of methoxy groups -OCH3 is 1. The lowest BCUT2D eigenvalue weighted by Gasteiger charge is -2.12. The number of ether oxygens (including phenoxy) is 1. The van der Waals surface area contributed by atoms with Gasteiger partial charge < -0.3 is 10.1 Å². The number of hydrogen-bond donors (Lipinski definition) is 1. The molecule has 1 N–H and O–H groups in total. The van der Waals surface area contributed by atoms with Gasteiger partial charge in [-0.2, -0.15) is 0 Å². The Balaban J connectivity index is 2.16. The molecule has 0 bridgehead atoms. The summed E-state index contributed by atoms with van der Waals surface area (Å²) in [5.41, 5.74) is 1.23. The van der Waals surface area contributed by atoms with E-state index in [1.54, 1.807) is 18.9 Å². The fraction of sp³-hybridized carbons (Fsp3) is 0.294. The van der Waals surface area contributed by atoms with Gasteiger partial charge >= 0.3 is 0 Å². The molecule has 4 heteroatoms. The normalized spacial score (nSPS) is 10.6. The Morgan fingerprint density at radius 3 is 2.57 bits per heavy atom. The van der Waals surface area contributed by atoms with Crippen LogP contribution >= 0.6 is 23.4 Å². The highest BCUT2D eigenvalue weighted by molar-refractivity contribution is 7.99. The van der Waals surface area contributed by atoms with Crippen molar-refractivity contribution in [2.45, 2.75) is 29.7 Å². The average Bonchev–Trinajstić information content (AvgIpc) is 2.51. The molecule has 2 nitrogen and oxygen atoms in total. The lowest BCUT2D eigenvalue weighted by Crippen LogP contribution is -2.14. The molecule has 0 saturated heterocycles. The van der Waals surface area contributed by atoms with E-state index in [1.165, 1.54) is 5.56 Å². The first-order valence-electron chi connectivity index (χ1n) is 7.04. The Hall–Kier alpha value is -1.16. The maximum atomic E-state index is 6.38. The summed E-state index contributed by atoms with van der Waals surface area (Å²) in [6.07, 6.45) is 1.13. The summed E-state index contributed by atoms with van der Waals surface area (Å²) in [5.74, 6) is 0.864. The summed E-state index contributed by atoms with van der Waals surface area (Å²) >= 11 is 8.07. The molecule has 0 aliphatic heterocycles. The van der Waals surface area contributed by atoms with Crippen molar-refractivity contribution >= 4 is 23.4 Å². The topological polar surface area (TPSA) is 21.3 Å². The molecule has 0 atom stereocenters. The highest BCUT2D eigenvalue weighted by Gasteiger charge is 2.09. The number of nitrogens with one attached hydrogen (secondary N) is 1. The van der Waals surface area contributed by atoms with Crippen molar-refractivity contribution in [2.24, 2.45) is 0 Å². The Labute approximate surface area is 135 Å². The van der Waals surface area contributed by atoms with Crippen LogP contribution in [-0.2, 0) is 6.54 Å². The summed E-state index contributed by atoms with van der Waals surface area (Å²) in [6, 6.07) is 14.1. The summed E-state index contributed by atoms with van der Waals surface area (Å²) < 4.78 is 5.19. The fourth-order valence-electron chi connectivity index (χ4n) is 1.97. The Morgan fingerprint density at radius 2 is 1.90 bits per heavy atom. The molecule has 0 heterocycles. The largest absolute Gasteiger partial charge is 0.497 e. The highest BCUT2D eigenvalue weighted by atomic mass is 35.5. The zero-order chi connectivity index (χ0) is 15.1. The smallest absolute Gasteiger partial charge is 0.118 e. The molecule has 0 fully saturated rings. The maximum absolute atomic E-state index is 6.38. The summed E-state index contributed by atoms with van der Waals surface area (Å²) in [7, 11) is 1.67. The minimum absolute atomic E-state index is 0.798. The second kappa shape index (κ2) is 8.32. The van der Waals surface area contributed by atoms with E-state index in [0.717, 1.165) is 40.1 Å². The molecule has 2 aromatic rings. The van der Waals surface area contributed by atoms with E-state index in [-0.39, 0.29) is 0 Å². The SMILES string of the molecule is CCCNCc1cccc(Cl)c1Sc1ccc(OC)cc1. The van der Waals surface area contributed by atoms with Gasteiger partial charge in [0.25, 0.3) is 0 Å². The second-order valence-electron chi connectivity index (χ2n) is 4.68. The molecule has 112 valence electrons. The Kier molecular flexibility index (Phi) is 6.43. The predicted octanol–water partition coefficient (Wildman–Crippen LogP) is 5.00. The molecule has 0 amide bonds. The van der Waals surface area contributed by atoms with Crippen LogP contribution in [0.2, 0.25) is 5.02 Å². The molecule has 0 radical (unpaired) electrons. The van der Waals surface area contributed by atoms with Gasteiger partial charge in [-0.15, -0.1) is 0 Å². The monoisotopic (exact) mass is 321 g/mol. The predicted molar refractivity (Wildman–Crippen MR) is 90.6 cm³/mol. The van der Waals surface area contributed by atoms with Crippen molar-refractivity contribution in [1.82, 2.24) is 5.32 Å². The Bertz CT molecular complexity index is 572. The van der Waals surface area contributed by atoms with Gasteiger partial charge in [0.05, 0.1) is 12.1 Å². The number of halogens is 1. The van der Waals surface area contributed by atoms with Crippen LogP contribution in [-0.4, -0.2) is 13.7 Å². The van der Waals surface area contributed by atoms with E-state index in [1.807, 2.05) is 24.3 Å². The van der Waals surface area contributed by atoms with Crippen molar-refractivity contribution in [3.8, 4) is 5.75 Å². The lowest BCUT2D eigenvalue weighted by atomic mass is 10.2. The van der Waals surface area contributed by atoms with Gasteiger partial charge in [-0.3, -0.25) is 0 Å². The van der Waals surface area contributed by atoms with Gasteiger partial charge in [-0.25, -0.2) is 0 Å². The van der Waals surface area contributed by atoms with Crippen LogP contribution in [0.15, 0.2) is 52.3 Å². The zero-order valence-corrected chi connectivity index (χ0v) is 13.9. The minimum Gasteiger partial charge on any atom is -0.497 e. The zero-order valence-electron chi connectivity index (χ0n) is 12.4. The summed E-state index contributed by atoms with van der Waals surface area (Å²) in [6.45, 7) is 4.02. The average molecular weight is 322 g/mol. The molecule has 0 aliphatic rings. The van der Waals surface area contributed by atoms with Crippen LogP contribution in [0.1, 0.15) is 18.9 Å². The third-order valence-electron chi connectivity index (χ3n) is 3.07. The van der Waals surface area contributed by atoms with Gasteiger partial charge in [0.2, 0.25) is 0 Å². The standard InChI is InChI=1S/C17H20ClNOS/c1-3-11-19-12-13-5-4-6-16(18)17(13)21-15-9-7-14(20-2)8-10-15/h4-10,19H,3,11-12H2,1-2H3. The molecule has 0 aromatic heterocycles. The fourth-order valence-corrected chi connectivity index (χ4v) is 3.22. The number of hydrogen-bond acceptors (Lipinski definition) is 3. The van der Waals surface area contributed by atoms with Crippen molar-refractivity contribution in [1.29, 1.82) is 0 Å². The van der Waals surface area contributed by atoms with Crippen LogP contribution in [0.4, 0.5) is 0 Å². The molecule has 2 aromatic carbocycles. The van der Waals surface area contributed by atoms with Crippen LogP contribution < -0.4 is 10.1 Å². The van der Waals surface area contributed by atoms with E-state index < -0.39 is 0 Å². The van der Waals surface area contributed by atoms with E-state index in [9.17, 15) is 0 Å². The van der Waals surface area contributed by atoms with Gasteiger partial charge in [0.15, 0.2) is 0 Å². The van der Waals surface area contributed by atoms with Crippen LogP contribution in [0.25, 0.3) is 0 Å². The number of rotatable bonds is 7. The highest BCUT2D eigenvalue weighted by Crippen LogP contribution is 2.36. The summed E-state index contributed by atoms with van der Waals surface area (Å²) in [4.78, 5) is 2.27. The second-order valence-corrected chi connectivity index (χ2v) is 6.17. The molecule has 0 unspecified atom stereocenters. The molecule has 0 aliphatic carbocycles. The quantitative estimate of drug-likeness (QED) is 0.725. The van der Waals surface area contributed by atoms with E-state index in [0.29, 0.717) is 0 Å². The first kappa shape index (κ1) is 16.2. The van der Waals surface area contributed by atoms with E-state index in [4.69, 9.17) is 16.3 Å². The van der Waals surface area contributed by atoms with Gasteiger partial charge in [-0.1, -0.05) is 42.4 Å². The number of benzene rings is 2. The van der Waals surface area contributed by atoms with Gasteiger partial charge in [-0.05, 0) is 48.9 Å². The van der Waals surface area contributed by atoms with Gasteiger partial charge in [0.1, 0.15) is 5.75 Å². The van der Waals surface area contributed by atoms with E-state index >= 15 is 0 Å². The van der Waals surface area contributed by atoms with Gasteiger partial charge in [0, 0.05) is 16.3 Å². The van der Waals surface area contributed by atoms with Crippen LogP contribution in [0, 0.1) is 0 Å². The molecule has 2 rings (SSSR count).